The molecule has 0 bridgehead atoms. The normalized spacial score (nSPS) is 13.8. The maximum Gasteiger partial charge on any atom is 0.412 e. The molecular formula is C28H30Cl2N4O3. The zero-order chi connectivity index (χ0) is 26.2. The number of anilines is 1. The van der Waals surface area contributed by atoms with Gasteiger partial charge < -0.3 is 20.7 Å². The molecule has 1 fully saturated rings. The molecule has 37 heavy (non-hydrogen) atoms. The van der Waals surface area contributed by atoms with Crippen molar-refractivity contribution in [3.05, 3.63) is 82.3 Å². The van der Waals surface area contributed by atoms with Crippen LogP contribution in [0.2, 0.25) is 10.0 Å². The Morgan fingerprint density at radius 3 is 2.35 bits per heavy atom. The number of hydrogen-bond acceptors (Lipinski definition) is 5. The number of piperazine rings is 1. The Hall–Kier alpha value is -3.26. The van der Waals surface area contributed by atoms with Crippen molar-refractivity contribution >= 4 is 40.9 Å². The molecule has 1 saturated heterocycles. The summed E-state index contributed by atoms with van der Waals surface area (Å²) in [6, 6.07) is 19.9. The van der Waals surface area contributed by atoms with Crippen molar-refractivity contribution in [1.29, 1.82) is 0 Å². The summed E-state index contributed by atoms with van der Waals surface area (Å²) in [6.45, 7) is 5.25. The van der Waals surface area contributed by atoms with Gasteiger partial charge in [-0.2, -0.15) is 0 Å². The Labute approximate surface area is 227 Å². The van der Waals surface area contributed by atoms with Gasteiger partial charge in [0.2, 0.25) is 5.91 Å². The van der Waals surface area contributed by atoms with Crippen molar-refractivity contribution in [3.8, 4) is 16.9 Å². The number of primary amides is 1. The SMILES string of the molecule is NC(=O)c1cccc(-c2ccc(OC(=O)NCCCCN3CCN(c4cccc(Cl)c4Cl)CC3)cc2)c1. The van der Waals surface area contributed by atoms with Gasteiger partial charge in [-0.25, -0.2) is 4.79 Å². The van der Waals surface area contributed by atoms with Crippen molar-refractivity contribution in [1.82, 2.24) is 10.2 Å². The van der Waals surface area contributed by atoms with E-state index in [0.717, 1.165) is 62.4 Å². The summed E-state index contributed by atoms with van der Waals surface area (Å²) < 4.78 is 5.38. The Bertz CT molecular complexity index is 1230. The summed E-state index contributed by atoms with van der Waals surface area (Å²) in [5.41, 5.74) is 8.55. The molecule has 3 aromatic rings. The molecule has 7 nitrogen and oxygen atoms in total. The summed E-state index contributed by atoms with van der Waals surface area (Å²) in [5, 5.41) is 4.00. The molecule has 0 saturated carbocycles. The fourth-order valence-electron chi connectivity index (χ4n) is 4.31. The Kier molecular flexibility index (Phi) is 9.28. The molecule has 194 valence electrons. The molecule has 1 aliphatic rings. The van der Waals surface area contributed by atoms with E-state index in [9.17, 15) is 9.59 Å². The number of unbranched alkanes of at least 4 members (excludes halogenated alkanes) is 1. The Balaban J connectivity index is 1.13. The number of carbonyl (C=O) groups excluding carboxylic acids is 2. The number of rotatable bonds is 9. The van der Waals surface area contributed by atoms with E-state index in [-0.39, 0.29) is 0 Å². The lowest BCUT2D eigenvalue weighted by Crippen LogP contribution is -2.46. The van der Waals surface area contributed by atoms with Crippen LogP contribution < -0.4 is 20.7 Å². The highest BCUT2D eigenvalue weighted by Crippen LogP contribution is 2.33. The van der Waals surface area contributed by atoms with Crippen molar-refractivity contribution in [2.75, 3.05) is 44.2 Å². The number of carbonyl (C=O) groups is 2. The second kappa shape index (κ2) is 12.8. The third-order valence-electron chi connectivity index (χ3n) is 6.36. The molecule has 0 aliphatic carbocycles. The van der Waals surface area contributed by atoms with E-state index in [0.29, 0.717) is 27.9 Å². The maximum absolute atomic E-state index is 12.2. The van der Waals surface area contributed by atoms with Crippen LogP contribution in [-0.4, -0.2) is 56.2 Å². The van der Waals surface area contributed by atoms with E-state index in [1.165, 1.54) is 0 Å². The largest absolute Gasteiger partial charge is 0.412 e. The summed E-state index contributed by atoms with van der Waals surface area (Å²) in [7, 11) is 0. The molecule has 3 aromatic carbocycles. The highest BCUT2D eigenvalue weighted by atomic mass is 35.5. The van der Waals surface area contributed by atoms with Crippen molar-refractivity contribution in [2.45, 2.75) is 12.8 Å². The summed E-state index contributed by atoms with van der Waals surface area (Å²) in [5.74, 6) is -0.0230. The summed E-state index contributed by atoms with van der Waals surface area (Å²) in [4.78, 5) is 28.2. The quantitative estimate of drug-likeness (QED) is 0.352. The fourth-order valence-corrected chi connectivity index (χ4v) is 4.73. The van der Waals surface area contributed by atoms with Gasteiger partial charge in [-0.3, -0.25) is 9.69 Å². The zero-order valence-corrected chi connectivity index (χ0v) is 22.0. The third-order valence-corrected chi connectivity index (χ3v) is 7.17. The van der Waals surface area contributed by atoms with Crippen LogP contribution in [-0.2, 0) is 0 Å². The minimum absolute atomic E-state index is 0.446. The first-order valence-corrected chi connectivity index (χ1v) is 13.0. The first kappa shape index (κ1) is 26.8. The van der Waals surface area contributed by atoms with Crippen LogP contribution in [0.3, 0.4) is 0 Å². The second-order valence-electron chi connectivity index (χ2n) is 8.89. The number of nitrogens with one attached hydrogen (secondary N) is 1. The van der Waals surface area contributed by atoms with Crippen molar-refractivity contribution < 1.29 is 14.3 Å². The Morgan fingerprint density at radius 1 is 0.892 bits per heavy atom. The molecular weight excluding hydrogens is 511 g/mol. The van der Waals surface area contributed by atoms with Gasteiger partial charge in [0, 0.05) is 38.3 Å². The highest BCUT2D eigenvalue weighted by Gasteiger charge is 2.19. The van der Waals surface area contributed by atoms with Gasteiger partial charge in [0.25, 0.3) is 0 Å². The number of benzene rings is 3. The van der Waals surface area contributed by atoms with Crippen LogP contribution >= 0.6 is 23.2 Å². The number of nitrogens with two attached hydrogens (primary N) is 1. The van der Waals surface area contributed by atoms with Gasteiger partial charge in [-0.1, -0.05) is 53.5 Å². The van der Waals surface area contributed by atoms with E-state index in [1.54, 1.807) is 36.4 Å². The van der Waals surface area contributed by atoms with Crippen LogP contribution in [0.4, 0.5) is 10.5 Å². The van der Waals surface area contributed by atoms with Crippen LogP contribution in [0, 0.1) is 0 Å². The van der Waals surface area contributed by atoms with E-state index < -0.39 is 12.0 Å². The fraction of sp³-hybridized carbons (Fsp3) is 0.286. The number of amides is 2. The third kappa shape index (κ3) is 7.38. The van der Waals surface area contributed by atoms with E-state index in [1.807, 2.05) is 30.3 Å². The minimum Gasteiger partial charge on any atom is -0.410 e. The molecule has 1 aliphatic heterocycles. The molecule has 3 N–H and O–H groups in total. The van der Waals surface area contributed by atoms with E-state index >= 15 is 0 Å². The zero-order valence-electron chi connectivity index (χ0n) is 20.5. The van der Waals surface area contributed by atoms with E-state index in [4.69, 9.17) is 33.7 Å². The Morgan fingerprint density at radius 2 is 1.62 bits per heavy atom. The van der Waals surface area contributed by atoms with Crippen LogP contribution in [0.25, 0.3) is 11.1 Å². The molecule has 1 heterocycles. The number of halogens is 2. The van der Waals surface area contributed by atoms with Crippen LogP contribution in [0.15, 0.2) is 66.7 Å². The first-order chi connectivity index (χ1) is 17.9. The number of nitrogens with zero attached hydrogens (tertiary/aromatic N) is 2. The molecule has 0 unspecified atom stereocenters. The summed E-state index contributed by atoms with van der Waals surface area (Å²) >= 11 is 12.5. The monoisotopic (exact) mass is 540 g/mol. The summed E-state index contributed by atoms with van der Waals surface area (Å²) in [6.07, 6.45) is 1.37. The van der Waals surface area contributed by atoms with Gasteiger partial charge in [0.15, 0.2) is 0 Å². The van der Waals surface area contributed by atoms with Crippen molar-refractivity contribution in [3.63, 3.8) is 0 Å². The maximum atomic E-state index is 12.2. The molecule has 0 radical (unpaired) electrons. The smallest absolute Gasteiger partial charge is 0.410 e. The molecule has 4 rings (SSSR count). The topological polar surface area (TPSA) is 87.9 Å². The van der Waals surface area contributed by atoms with Crippen LogP contribution in [0.5, 0.6) is 5.75 Å². The molecule has 0 spiro atoms. The average Bonchev–Trinajstić information content (AvgIpc) is 2.91. The van der Waals surface area contributed by atoms with Gasteiger partial charge >= 0.3 is 6.09 Å². The van der Waals surface area contributed by atoms with E-state index in [2.05, 4.69) is 15.1 Å². The highest BCUT2D eigenvalue weighted by molar-refractivity contribution is 6.43. The number of hydrogen-bond donors (Lipinski definition) is 2. The molecule has 0 atom stereocenters. The van der Waals surface area contributed by atoms with Gasteiger partial charge in [0.1, 0.15) is 5.75 Å². The van der Waals surface area contributed by atoms with Crippen LogP contribution in [0.1, 0.15) is 23.2 Å². The molecule has 0 aromatic heterocycles. The molecule has 9 heteroatoms. The van der Waals surface area contributed by atoms with Gasteiger partial charge in [-0.15, -0.1) is 0 Å². The first-order valence-electron chi connectivity index (χ1n) is 12.3. The minimum atomic E-state index is -0.476. The second-order valence-corrected chi connectivity index (χ2v) is 9.68. The lowest BCUT2D eigenvalue weighted by Gasteiger charge is -2.36. The lowest BCUT2D eigenvalue weighted by molar-refractivity contribution is 0.1000. The molecule has 2 amide bonds. The van der Waals surface area contributed by atoms with Gasteiger partial charge in [0.05, 0.1) is 15.7 Å². The lowest BCUT2D eigenvalue weighted by atomic mass is 10.0. The van der Waals surface area contributed by atoms with Crippen molar-refractivity contribution in [2.24, 2.45) is 5.73 Å². The average molecular weight is 541 g/mol. The predicted octanol–water partition coefficient (Wildman–Crippen LogP) is 5.45. The predicted molar refractivity (Wildman–Crippen MR) is 149 cm³/mol. The van der Waals surface area contributed by atoms with Gasteiger partial charge in [-0.05, 0) is 66.9 Å². The standard InChI is InChI=1S/C28H30Cl2N4O3/c29-24-7-4-8-25(26(24)30)34-17-15-33(16-18-34)14-2-1-13-32-28(36)37-23-11-9-20(10-12-23)21-5-3-6-22(19-21)27(31)35/h3-12,19H,1-2,13-18H2,(H2,31,35)(H,32,36). The number of ether oxygens (including phenoxy) is 1.